The molecule has 1 radical (unpaired) electrons. The summed E-state index contributed by atoms with van der Waals surface area (Å²) >= 11 is 10.6. The van der Waals surface area contributed by atoms with E-state index in [4.69, 9.17) is 0 Å². The van der Waals surface area contributed by atoms with Crippen LogP contribution in [0.25, 0.3) is 0 Å². The molecule has 0 aromatic heterocycles. The summed E-state index contributed by atoms with van der Waals surface area (Å²) in [5, 5.41) is -2.38. The van der Waals surface area contributed by atoms with Crippen molar-refractivity contribution in [2.24, 2.45) is 0 Å². The molecule has 0 saturated heterocycles. The summed E-state index contributed by atoms with van der Waals surface area (Å²) in [5.74, 6) is 0. The minimum absolute atomic E-state index is 1.66. The largest absolute Gasteiger partial charge is 0.419 e. The Morgan fingerprint density at radius 3 is 1.38 bits per heavy atom. The van der Waals surface area contributed by atoms with Gasteiger partial charge < -0.3 is 0 Å². The lowest BCUT2D eigenvalue weighted by atomic mass is 10.3. The quantitative estimate of drug-likeness (QED) is 0.502. The van der Waals surface area contributed by atoms with Gasteiger partial charge in [0.1, 0.15) is 0 Å². The van der Waals surface area contributed by atoms with Gasteiger partial charge in [0.25, 0.3) is 0 Å². The molecule has 0 spiro atoms. The Kier molecular flexibility index (Phi) is 3.84. The summed E-state index contributed by atoms with van der Waals surface area (Å²) in [6.45, 7) is 0. The zero-order valence-electron chi connectivity index (χ0n) is 5.40. The predicted molar refractivity (Wildman–Crippen MR) is 38.7 cm³/mol. The first-order valence-electron chi connectivity index (χ1n) is 2.45. The average molecular weight is 313 g/mol. The standard InChI is InChI=1S/C4BrCl2F6/c5-2(7,4(11,12)13)1(6)3(8,9)10. The van der Waals surface area contributed by atoms with Crippen LogP contribution in [0.5, 0.6) is 0 Å². The molecule has 0 rings (SSSR count). The van der Waals surface area contributed by atoms with Crippen LogP contribution < -0.4 is 0 Å². The van der Waals surface area contributed by atoms with E-state index in [0.29, 0.717) is 0 Å². The van der Waals surface area contributed by atoms with E-state index in [1.165, 1.54) is 0 Å². The molecule has 0 aliphatic carbocycles. The SMILES string of the molecule is FC(F)(F)[C](Cl)C(Cl)(Br)C(F)(F)F. The van der Waals surface area contributed by atoms with Crippen molar-refractivity contribution in [3.8, 4) is 0 Å². The van der Waals surface area contributed by atoms with E-state index in [-0.39, 0.29) is 0 Å². The highest BCUT2D eigenvalue weighted by molar-refractivity contribution is 9.10. The first kappa shape index (κ1) is 13.6. The first-order valence-corrected chi connectivity index (χ1v) is 4.00. The predicted octanol–water partition coefficient (Wildman–Crippen LogP) is 4.21. The molecule has 0 N–H and O–H groups in total. The number of rotatable bonds is 1. The van der Waals surface area contributed by atoms with E-state index in [9.17, 15) is 26.3 Å². The zero-order chi connectivity index (χ0) is 11.1. The second kappa shape index (κ2) is 3.66. The Morgan fingerprint density at radius 1 is 1.00 bits per heavy atom. The van der Waals surface area contributed by atoms with Gasteiger partial charge in [0.2, 0.25) is 9.16 Å². The number of hydrogen-bond donors (Lipinski definition) is 0. The molecule has 0 saturated carbocycles. The highest BCUT2D eigenvalue weighted by atomic mass is 79.9. The van der Waals surface area contributed by atoms with Gasteiger partial charge in [-0.15, -0.1) is 11.6 Å². The van der Waals surface area contributed by atoms with Crippen LogP contribution in [0.4, 0.5) is 26.3 Å². The van der Waals surface area contributed by atoms with Crippen molar-refractivity contribution in [1.82, 2.24) is 0 Å². The number of alkyl halides is 8. The normalized spacial score (nSPS) is 18.9. The molecule has 0 heterocycles. The molecule has 1 unspecified atom stereocenters. The molecule has 0 aliphatic heterocycles. The zero-order valence-corrected chi connectivity index (χ0v) is 8.50. The monoisotopic (exact) mass is 311 g/mol. The lowest BCUT2D eigenvalue weighted by Gasteiger charge is -2.28. The van der Waals surface area contributed by atoms with Crippen LogP contribution in [-0.2, 0) is 0 Å². The van der Waals surface area contributed by atoms with Gasteiger partial charge in [0.05, 0.1) is 0 Å². The van der Waals surface area contributed by atoms with Crippen LogP contribution in [0, 0.1) is 5.38 Å². The van der Waals surface area contributed by atoms with Crippen LogP contribution in [0.3, 0.4) is 0 Å². The van der Waals surface area contributed by atoms with Crippen molar-refractivity contribution >= 4 is 39.1 Å². The van der Waals surface area contributed by atoms with Gasteiger partial charge in [0, 0.05) is 0 Å². The van der Waals surface area contributed by atoms with E-state index in [0.717, 1.165) is 0 Å². The molecule has 0 nitrogen and oxygen atoms in total. The van der Waals surface area contributed by atoms with E-state index in [1.807, 2.05) is 0 Å². The van der Waals surface area contributed by atoms with Crippen LogP contribution in [0.15, 0.2) is 0 Å². The fourth-order valence-electron chi connectivity index (χ4n) is 0.302. The summed E-state index contributed by atoms with van der Waals surface area (Å²) in [6.07, 6.45) is -10.6. The molecule has 0 aromatic carbocycles. The second-order valence-electron chi connectivity index (χ2n) is 1.88. The third kappa shape index (κ3) is 3.06. The van der Waals surface area contributed by atoms with E-state index in [1.54, 1.807) is 15.9 Å². The van der Waals surface area contributed by atoms with Crippen molar-refractivity contribution in [3.05, 3.63) is 5.38 Å². The Morgan fingerprint density at radius 2 is 1.31 bits per heavy atom. The van der Waals surface area contributed by atoms with Gasteiger partial charge in [-0.2, -0.15) is 26.3 Å². The minimum atomic E-state index is -5.33. The molecule has 13 heavy (non-hydrogen) atoms. The molecule has 0 bridgehead atoms. The maximum absolute atomic E-state index is 11.8. The van der Waals surface area contributed by atoms with E-state index >= 15 is 0 Å². The maximum atomic E-state index is 11.8. The van der Waals surface area contributed by atoms with Crippen molar-refractivity contribution in [1.29, 1.82) is 0 Å². The highest BCUT2D eigenvalue weighted by Gasteiger charge is 2.65. The van der Waals surface area contributed by atoms with Crippen LogP contribution in [0.1, 0.15) is 0 Å². The molecule has 0 aliphatic rings. The Bertz CT molecular complexity index is 184. The summed E-state index contributed by atoms with van der Waals surface area (Å²) in [7, 11) is 0. The van der Waals surface area contributed by atoms with E-state index < -0.39 is 21.5 Å². The summed E-state index contributed by atoms with van der Waals surface area (Å²) < 4.78 is 66.8. The molecule has 1 atom stereocenters. The number of hydrogen-bond acceptors (Lipinski definition) is 0. The molecule has 79 valence electrons. The fourth-order valence-corrected chi connectivity index (χ4v) is 0.742. The molecule has 9 heteroatoms. The smallest absolute Gasteiger partial charge is 0.169 e. The van der Waals surface area contributed by atoms with Crippen molar-refractivity contribution in [2.45, 2.75) is 16.1 Å². The van der Waals surface area contributed by atoms with Crippen molar-refractivity contribution in [2.75, 3.05) is 0 Å². The first-order chi connectivity index (χ1) is 5.40. The second-order valence-corrected chi connectivity index (χ2v) is 4.47. The van der Waals surface area contributed by atoms with Crippen molar-refractivity contribution < 1.29 is 26.3 Å². The van der Waals surface area contributed by atoms with Gasteiger partial charge >= 0.3 is 12.4 Å². The van der Waals surface area contributed by atoms with Gasteiger partial charge in [-0.1, -0.05) is 27.5 Å². The number of halogens is 9. The van der Waals surface area contributed by atoms with Gasteiger partial charge in [-0.05, 0) is 0 Å². The van der Waals surface area contributed by atoms with Gasteiger partial charge in [-0.25, -0.2) is 0 Å². The lowest BCUT2D eigenvalue weighted by molar-refractivity contribution is -0.161. The molecular formula is C4BrCl2F6. The summed E-state index contributed by atoms with van der Waals surface area (Å²) in [5.41, 5.74) is 0. The van der Waals surface area contributed by atoms with Gasteiger partial charge in [0.15, 0.2) is 0 Å². The topological polar surface area (TPSA) is 0 Å². The summed E-state index contributed by atoms with van der Waals surface area (Å²) in [6, 6.07) is 0. The lowest BCUT2D eigenvalue weighted by Crippen LogP contribution is -2.43. The molecular weight excluding hydrogens is 313 g/mol. The van der Waals surface area contributed by atoms with Crippen LogP contribution in [0.2, 0.25) is 0 Å². The Balaban J connectivity index is 4.86. The minimum Gasteiger partial charge on any atom is -0.169 e. The third-order valence-electron chi connectivity index (χ3n) is 0.881. The molecule has 0 amide bonds. The van der Waals surface area contributed by atoms with Gasteiger partial charge in [-0.3, -0.25) is 0 Å². The average Bonchev–Trinajstić information content (AvgIpc) is 1.81. The summed E-state index contributed by atoms with van der Waals surface area (Å²) in [4.78, 5) is 0. The Hall–Kier alpha value is 0.640. The van der Waals surface area contributed by atoms with E-state index in [2.05, 4.69) is 23.2 Å². The fraction of sp³-hybridized carbons (Fsp3) is 0.750. The third-order valence-corrected chi connectivity index (χ3v) is 2.95. The Labute approximate surface area is 87.3 Å². The van der Waals surface area contributed by atoms with Crippen molar-refractivity contribution in [3.63, 3.8) is 0 Å². The molecule has 0 aromatic rings. The molecule has 0 fully saturated rings. The maximum Gasteiger partial charge on any atom is 0.419 e. The van der Waals surface area contributed by atoms with Crippen LogP contribution >= 0.6 is 39.1 Å². The van der Waals surface area contributed by atoms with Crippen LogP contribution in [-0.4, -0.2) is 16.1 Å². The highest BCUT2D eigenvalue weighted by Crippen LogP contribution is 2.55.